The summed E-state index contributed by atoms with van der Waals surface area (Å²) < 4.78 is 0. The lowest BCUT2D eigenvalue weighted by Gasteiger charge is -2.38. The van der Waals surface area contributed by atoms with Crippen molar-refractivity contribution in [2.45, 2.75) is 37.8 Å². The van der Waals surface area contributed by atoms with E-state index in [1.54, 1.807) is 0 Å². The summed E-state index contributed by atoms with van der Waals surface area (Å²) in [7, 11) is 2.20. The van der Waals surface area contributed by atoms with Crippen LogP contribution in [0.5, 0.6) is 0 Å². The van der Waals surface area contributed by atoms with Gasteiger partial charge in [-0.05, 0) is 52.4 Å². The van der Waals surface area contributed by atoms with Gasteiger partial charge in [0.25, 0.3) is 0 Å². The van der Waals surface area contributed by atoms with Crippen molar-refractivity contribution >= 4 is 0 Å². The molecule has 0 aliphatic carbocycles. The molecule has 0 spiro atoms. The molecule has 2 fully saturated rings. The Bertz CT molecular complexity index is 211. The first kappa shape index (κ1) is 13.3. The molecule has 0 aromatic heterocycles. The lowest BCUT2D eigenvalue weighted by molar-refractivity contribution is 0.0929. The van der Waals surface area contributed by atoms with Gasteiger partial charge in [-0.1, -0.05) is 0 Å². The van der Waals surface area contributed by atoms with Gasteiger partial charge in [0.05, 0.1) is 6.61 Å². The Hall–Kier alpha value is -0.160. The van der Waals surface area contributed by atoms with Crippen LogP contribution in [-0.2, 0) is 0 Å². The van der Waals surface area contributed by atoms with Gasteiger partial charge in [0, 0.05) is 25.2 Å². The molecule has 0 aromatic rings. The molecule has 4 nitrogen and oxygen atoms in total. The molecular weight excluding hydrogens is 214 g/mol. The predicted octanol–water partition coefficient (Wildman–Crippen LogP) is 0.127. The zero-order chi connectivity index (χ0) is 12.1. The quantitative estimate of drug-likeness (QED) is 0.717. The number of rotatable bonds is 5. The van der Waals surface area contributed by atoms with E-state index in [1.807, 2.05) is 0 Å². The Morgan fingerprint density at radius 3 is 2.65 bits per heavy atom. The van der Waals surface area contributed by atoms with Gasteiger partial charge in [0.1, 0.15) is 0 Å². The third kappa shape index (κ3) is 3.91. The van der Waals surface area contributed by atoms with E-state index in [9.17, 15) is 5.11 Å². The molecule has 2 rings (SSSR count). The molecule has 1 atom stereocenters. The zero-order valence-electron chi connectivity index (χ0n) is 11.1. The fraction of sp³-hybridized carbons (Fsp3) is 1.00. The topological polar surface area (TPSA) is 38.7 Å². The Kier molecular flexibility index (Phi) is 5.22. The van der Waals surface area contributed by atoms with Crippen molar-refractivity contribution in [3.8, 4) is 0 Å². The summed E-state index contributed by atoms with van der Waals surface area (Å²) in [5.41, 5.74) is 0. The van der Waals surface area contributed by atoms with Crippen molar-refractivity contribution in [3.63, 3.8) is 0 Å². The highest BCUT2D eigenvalue weighted by Gasteiger charge is 2.25. The van der Waals surface area contributed by atoms with Crippen molar-refractivity contribution in [2.75, 3.05) is 46.4 Å². The third-order valence-corrected chi connectivity index (χ3v) is 4.21. The van der Waals surface area contributed by atoms with Gasteiger partial charge in [-0.2, -0.15) is 0 Å². The van der Waals surface area contributed by atoms with Crippen LogP contribution in [0.25, 0.3) is 0 Å². The molecule has 1 unspecified atom stereocenters. The Morgan fingerprint density at radius 2 is 2.06 bits per heavy atom. The number of likely N-dealkylation sites (tertiary alicyclic amines) is 1. The fourth-order valence-electron chi connectivity index (χ4n) is 3.11. The highest BCUT2D eigenvalue weighted by Crippen LogP contribution is 2.17. The number of nitrogens with one attached hydrogen (secondary N) is 1. The van der Waals surface area contributed by atoms with Gasteiger partial charge < -0.3 is 15.3 Å². The molecule has 0 saturated carbocycles. The molecule has 2 heterocycles. The second-order valence-corrected chi connectivity index (χ2v) is 5.55. The first-order valence-electron chi connectivity index (χ1n) is 7.06. The van der Waals surface area contributed by atoms with Crippen LogP contribution in [0.1, 0.15) is 25.7 Å². The molecule has 2 saturated heterocycles. The number of piperidine rings is 1. The van der Waals surface area contributed by atoms with E-state index < -0.39 is 0 Å². The lowest BCUT2D eigenvalue weighted by atomic mass is 10.0. The Morgan fingerprint density at radius 1 is 1.29 bits per heavy atom. The lowest BCUT2D eigenvalue weighted by Crippen LogP contribution is -2.48. The van der Waals surface area contributed by atoms with E-state index in [2.05, 4.69) is 22.2 Å². The van der Waals surface area contributed by atoms with Crippen LogP contribution >= 0.6 is 0 Å². The average molecular weight is 241 g/mol. The predicted molar refractivity (Wildman–Crippen MR) is 70.2 cm³/mol. The third-order valence-electron chi connectivity index (χ3n) is 4.21. The van der Waals surface area contributed by atoms with Gasteiger partial charge in [-0.3, -0.25) is 4.90 Å². The van der Waals surface area contributed by atoms with Gasteiger partial charge >= 0.3 is 0 Å². The molecule has 2 aliphatic rings. The van der Waals surface area contributed by atoms with Gasteiger partial charge in [-0.15, -0.1) is 0 Å². The van der Waals surface area contributed by atoms with Crippen LogP contribution in [-0.4, -0.2) is 73.4 Å². The van der Waals surface area contributed by atoms with Crippen LogP contribution in [0, 0.1) is 0 Å². The molecule has 17 heavy (non-hydrogen) atoms. The highest BCUT2D eigenvalue weighted by molar-refractivity contribution is 4.84. The van der Waals surface area contributed by atoms with Crippen LogP contribution < -0.4 is 5.32 Å². The Labute approximate surface area is 105 Å². The summed E-state index contributed by atoms with van der Waals surface area (Å²) >= 11 is 0. The molecule has 0 amide bonds. The van der Waals surface area contributed by atoms with E-state index in [4.69, 9.17) is 0 Å². The van der Waals surface area contributed by atoms with E-state index in [0.717, 1.165) is 13.1 Å². The summed E-state index contributed by atoms with van der Waals surface area (Å²) in [5.74, 6) is 0. The average Bonchev–Trinajstić information content (AvgIpc) is 2.82. The molecule has 2 aliphatic heterocycles. The molecule has 2 N–H and O–H groups in total. The monoisotopic (exact) mass is 241 g/mol. The largest absolute Gasteiger partial charge is 0.395 e. The van der Waals surface area contributed by atoms with Gasteiger partial charge in [-0.25, -0.2) is 0 Å². The minimum absolute atomic E-state index is 0.291. The molecule has 0 radical (unpaired) electrons. The van der Waals surface area contributed by atoms with Gasteiger partial charge in [0.2, 0.25) is 0 Å². The summed E-state index contributed by atoms with van der Waals surface area (Å²) in [6, 6.07) is 1.34. The minimum Gasteiger partial charge on any atom is -0.395 e. The molecule has 4 heteroatoms. The maximum atomic E-state index is 9.22. The second kappa shape index (κ2) is 6.69. The number of aliphatic hydroxyl groups excluding tert-OH is 1. The summed E-state index contributed by atoms with van der Waals surface area (Å²) in [6.07, 6.45) is 5.12. The van der Waals surface area contributed by atoms with E-state index in [1.165, 1.54) is 45.3 Å². The maximum Gasteiger partial charge on any atom is 0.0558 e. The summed E-state index contributed by atoms with van der Waals surface area (Å²) in [6.45, 7) is 5.82. The molecule has 0 aromatic carbocycles. The second-order valence-electron chi connectivity index (χ2n) is 5.55. The molecule has 0 bridgehead atoms. The number of hydrogen-bond donors (Lipinski definition) is 2. The maximum absolute atomic E-state index is 9.22. The molecule has 100 valence electrons. The van der Waals surface area contributed by atoms with Gasteiger partial charge in [0.15, 0.2) is 0 Å². The van der Waals surface area contributed by atoms with Crippen molar-refractivity contribution in [1.29, 1.82) is 0 Å². The Balaban J connectivity index is 1.82. The van der Waals surface area contributed by atoms with E-state index in [0.29, 0.717) is 18.7 Å². The van der Waals surface area contributed by atoms with Crippen LogP contribution in [0.2, 0.25) is 0 Å². The minimum atomic E-state index is 0.291. The van der Waals surface area contributed by atoms with E-state index in [-0.39, 0.29) is 0 Å². The van der Waals surface area contributed by atoms with Crippen LogP contribution in [0.4, 0.5) is 0 Å². The smallest absolute Gasteiger partial charge is 0.0558 e. The number of aliphatic hydroxyl groups is 1. The van der Waals surface area contributed by atoms with Crippen molar-refractivity contribution < 1.29 is 5.11 Å². The standard InChI is InChI=1S/C13H27N3O/c1-15-7-4-13(5-8-15)16(9-10-17)11-12-3-2-6-14-12/h12-14,17H,2-11H2,1H3. The molecular formula is C13H27N3O. The summed E-state index contributed by atoms with van der Waals surface area (Å²) in [5, 5.41) is 12.8. The van der Waals surface area contributed by atoms with Crippen LogP contribution in [0.3, 0.4) is 0 Å². The SMILES string of the molecule is CN1CCC(N(CCO)CC2CCCN2)CC1. The van der Waals surface area contributed by atoms with Crippen molar-refractivity contribution in [3.05, 3.63) is 0 Å². The van der Waals surface area contributed by atoms with Crippen LogP contribution in [0.15, 0.2) is 0 Å². The first-order valence-corrected chi connectivity index (χ1v) is 7.06. The number of hydrogen-bond acceptors (Lipinski definition) is 4. The summed E-state index contributed by atoms with van der Waals surface area (Å²) in [4.78, 5) is 4.91. The van der Waals surface area contributed by atoms with Crippen molar-refractivity contribution in [2.24, 2.45) is 0 Å². The van der Waals surface area contributed by atoms with Crippen molar-refractivity contribution in [1.82, 2.24) is 15.1 Å². The highest BCUT2D eigenvalue weighted by atomic mass is 16.3. The number of nitrogens with zero attached hydrogens (tertiary/aromatic N) is 2. The zero-order valence-corrected chi connectivity index (χ0v) is 11.1. The normalized spacial score (nSPS) is 28.1. The fourth-order valence-corrected chi connectivity index (χ4v) is 3.11. The van der Waals surface area contributed by atoms with E-state index >= 15 is 0 Å². The first-order chi connectivity index (χ1) is 8.29.